The van der Waals surface area contributed by atoms with Crippen LogP contribution in [0.3, 0.4) is 0 Å². The highest BCUT2D eigenvalue weighted by atomic mass is 16.5. The highest BCUT2D eigenvalue weighted by Crippen LogP contribution is 2.45. The van der Waals surface area contributed by atoms with Gasteiger partial charge in [0.05, 0.1) is 47.8 Å². The Hall–Kier alpha value is -3.86. The van der Waals surface area contributed by atoms with Crippen molar-refractivity contribution in [2.24, 2.45) is 65.2 Å². The second kappa shape index (κ2) is 18.3. The van der Waals surface area contributed by atoms with Crippen molar-refractivity contribution < 1.29 is 9.47 Å². The summed E-state index contributed by atoms with van der Waals surface area (Å²) in [4.78, 5) is 0. The number of methoxy groups -OCH3 is 2. The first-order valence-corrected chi connectivity index (χ1v) is 18.3. The summed E-state index contributed by atoms with van der Waals surface area (Å²) in [6, 6.07) is 23.9. The molecule has 0 fully saturated rings. The summed E-state index contributed by atoms with van der Waals surface area (Å²) < 4.78 is 12.0. The van der Waals surface area contributed by atoms with E-state index in [0.29, 0.717) is 24.5 Å². The summed E-state index contributed by atoms with van der Waals surface area (Å²) in [6.07, 6.45) is 1.56. The van der Waals surface area contributed by atoms with E-state index < -0.39 is 22.3 Å². The van der Waals surface area contributed by atoms with Crippen LogP contribution in [0.15, 0.2) is 91.3 Å². The normalized spacial score (nSPS) is 18.0. The average molecular weight is 713 g/mol. The first-order valence-electron chi connectivity index (χ1n) is 18.3. The van der Waals surface area contributed by atoms with Gasteiger partial charge < -0.3 is 9.47 Å². The Balaban J connectivity index is 2.21. The zero-order valence-electron chi connectivity index (χ0n) is 34.3. The van der Waals surface area contributed by atoms with Crippen LogP contribution in [0.1, 0.15) is 95.9 Å². The van der Waals surface area contributed by atoms with E-state index in [-0.39, 0.29) is 34.5 Å². The molecule has 2 aromatic carbocycles. The predicted octanol–water partition coefficient (Wildman–Crippen LogP) is 11.8. The van der Waals surface area contributed by atoms with Gasteiger partial charge in [-0.05, 0) is 101 Å². The third kappa shape index (κ3) is 12.4. The molecule has 0 radical (unpaired) electrons. The van der Waals surface area contributed by atoms with Gasteiger partial charge in [-0.2, -0.15) is 41.2 Å². The van der Waals surface area contributed by atoms with Crippen molar-refractivity contribution in [3.8, 4) is 12.1 Å². The van der Waals surface area contributed by atoms with E-state index in [0.717, 1.165) is 12.8 Å². The second-order valence-electron chi connectivity index (χ2n) is 17.5. The Labute approximate surface area is 314 Å². The van der Waals surface area contributed by atoms with E-state index in [1.54, 1.807) is 14.2 Å². The van der Waals surface area contributed by atoms with Gasteiger partial charge >= 0.3 is 0 Å². The number of hydrogen-bond acceptors (Lipinski definition) is 10. The number of nitrogens with zero attached hydrogens (tertiary/aromatic N) is 8. The summed E-state index contributed by atoms with van der Waals surface area (Å²) in [5.41, 5.74) is -2.53. The maximum Gasteiger partial charge on any atom is 0.170 e. The van der Waals surface area contributed by atoms with Gasteiger partial charge in [0.25, 0.3) is 0 Å². The van der Waals surface area contributed by atoms with Gasteiger partial charge in [-0.25, -0.2) is 0 Å². The molecule has 0 bridgehead atoms. The smallest absolute Gasteiger partial charge is 0.170 e. The fourth-order valence-corrected chi connectivity index (χ4v) is 8.30. The molecule has 0 aliphatic carbocycles. The fraction of sp³-hybridized carbons (Fsp3) is 0.667. The standard InChI is InChI=1S/C42H64N8O2/c1-31(35(39(7,8)51-13)41(11,27-43)49-47-33-21-17-15-18-22-33)25-37(3,4)29-45-46-30-38(5,6)26-32(2)36(40(9,10)52-14)42(12,28-44)50-48-34-23-19-16-20-24-34/h15-24,31-32,35-36H,25-26,29-30H2,1-14H3. The molecule has 0 aliphatic heterocycles. The zero-order chi connectivity index (χ0) is 39.4. The zero-order valence-corrected chi connectivity index (χ0v) is 34.3. The van der Waals surface area contributed by atoms with Crippen LogP contribution < -0.4 is 0 Å². The summed E-state index contributed by atoms with van der Waals surface area (Å²) in [6.45, 7) is 25.9. The third-order valence-electron chi connectivity index (χ3n) is 10.5. The summed E-state index contributed by atoms with van der Waals surface area (Å²) in [5, 5.41) is 48.4. The fourth-order valence-electron chi connectivity index (χ4n) is 8.30. The lowest BCUT2D eigenvalue weighted by Crippen LogP contribution is -2.50. The molecule has 10 heteroatoms. The number of ether oxygens (including phenoxy) is 2. The molecule has 0 spiro atoms. The maximum atomic E-state index is 10.5. The van der Waals surface area contributed by atoms with Crippen molar-refractivity contribution in [2.75, 3.05) is 27.3 Å². The van der Waals surface area contributed by atoms with Crippen molar-refractivity contribution in [1.29, 1.82) is 10.5 Å². The topological polar surface area (TPSA) is 140 Å². The van der Waals surface area contributed by atoms with E-state index in [4.69, 9.17) is 19.7 Å². The number of rotatable bonds is 20. The van der Waals surface area contributed by atoms with Gasteiger partial charge in [-0.15, -0.1) is 0 Å². The lowest BCUT2D eigenvalue weighted by molar-refractivity contribution is -0.0710. The van der Waals surface area contributed by atoms with Gasteiger partial charge in [0, 0.05) is 26.1 Å². The average Bonchev–Trinajstić information content (AvgIpc) is 3.08. The van der Waals surface area contributed by atoms with E-state index in [1.807, 2.05) is 102 Å². The van der Waals surface area contributed by atoms with Gasteiger partial charge in [-0.1, -0.05) is 77.9 Å². The molecular formula is C42H64N8O2. The molecule has 52 heavy (non-hydrogen) atoms. The highest BCUT2D eigenvalue weighted by Gasteiger charge is 2.50. The van der Waals surface area contributed by atoms with Crippen molar-refractivity contribution in [3.63, 3.8) is 0 Å². The Morgan fingerprint density at radius 1 is 0.558 bits per heavy atom. The van der Waals surface area contributed by atoms with E-state index in [1.165, 1.54) is 0 Å². The summed E-state index contributed by atoms with van der Waals surface area (Å²) in [7, 11) is 3.36. The number of benzene rings is 2. The van der Waals surface area contributed by atoms with Crippen molar-refractivity contribution >= 4 is 11.4 Å². The molecular weight excluding hydrogens is 649 g/mol. The van der Waals surface area contributed by atoms with E-state index >= 15 is 0 Å². The largest absolute Gasteiger partial charge is 0.378 e. The Kier molecular flexibility index (Phi) is 15.6. The minimum absolute atomic E-state index is 0.0476. The third-order valence-corrected chi connectivity index (χ3v) is 10.5. The monoisotopic (exact) mass is 713 g/mol. The van der Waals surface area contributed by atoms with Crippen molar-refractivity contribution in [3.05, 3.63) is 60.7 Å². The van der Waals surface area contributed by atoms with Gasteiger partial charge in [0.2, 0.25) is 0 Å². The Morgan fingerprint density at radius 2 is 0.865 bits per heavy atom. The number of nitriles is 2. The SMILES string of the molecule is COC(C)(C)C(C(C)CC(C)(C)CN=NCC(C)(C)CC(C)C(C(C)(C#N)N=Nc1ccccc1)C(C)(C)OC)C(C)(C#N)N=Nc1ccccc1. The lowest BCUT2D eigenvalue weighted by Gasteiger charge is -2.44. The lowest BCUT2D eigenvalue weighted by atomic mass is 9.65. The quantitative estimate of drug-likeness (QED) is 0.126. The van der Waals surface area contributed by atoms with Crippen LogP contribution in [0.5, 0.6) is 0 Å². The molecule has 0 saturated carbocycles. The van der Waals surface area contributed by atoms with Crippen LogP contribution in [0.4, 0.5) is 11.4 Å². The van der Waals surface area contributed by atoms with Gasteiger partial charge in [0.15, 0.2) is 11.1 Å². The van der Waals surface area contributed by atoms with Crippen LogP contribution in [-0.4, -0.2) is 49.6 Å². The minimum Gasteiger partial charge on any atom is -0.378 e. The molecule has 6 unspecified atom stereocenters. The van der Waals surface area contributed by atoms with Crippen molar-refractivity contribution in [1.82, 2.24) is 0 Å². The van der Waals surface area contributed by atoms with E-state index in [2.05, 4.69) is 74.1 Å². The molecule has 6 atom stereocenters. The second-order valence-corrected chi connectivity index (χ2v) is 17.5. The molecule has 2 rings (SSSR count). The van der Waals surface area contributed by atoms with Gasteiger partial charge in [-0.3, -0.25) is 0 Å². The van der Waals surface area contributed by atoms with E-state index in [9.17, 15) is 10.5 Å². The molecule has 2 aromatic rings. The van der Waals surface area contributed by atoms with Crippen LogP contribution in [-0.2, 0) is 9.47 Å². The number of azo groups is 3. The van der Waals surface area contributed by atoms with Crippen molar-refractivity contribution in [2.45, 2.75) is 118 Å². The Morgan fingerprint density at radius 3 is 1.13 bits per heavy atom. The molecule has 0 heterocycles. The minimum atomic E-state index is -1.12. The highest BCUT2D eigenvalue weighted by molar-refractivity contribution is 5.36. The van der Waals surface area contributed by atoms with Crippen LogP contribution in [0.2, 0.25) is 0 Å². The van der Waals surface area contributed by atoms with Crippen LogP contribution >= 0.6 is 0 Å². The summed E-state index contributed by atoms with van der Waals surface area (Å²) in [5.74, 6) is -0.415. The predicted molar refractivity (Wildman–Crippen MR) is 209 cm³/mol. The molecule has 0 saturated heterocycles. The molecule has 0 N–H and O–H groups in total. The molecule has 0 aliphatic rings. The van der Waals surface area contributed by atoms with Crippen LogP contribution in [0, 0.1) is 57.2 Å². The molecule has 10 nitrogen and oxygen atoms in total. The van der Waals surface area contributed by atoms with Crippen LogP contribution in [0.25, 0.3) is 0 Å². The molecule has 0 aromatic heterocycles. The first kappa shape index (κ1) is 44.3. The molecule has 284 valence electrons. The first-order chi connectivity index (χ1) is 24.1. The molecule has 0 amide bonds. The summed E-state index contributed by atoms with van der Waals surface area (Å²) >= 11 is 0. The maximum absolute atomic E-state index is 10.5. The number of hydrogen-bond donors (Lipinski definition) is 0. The Bertz CT molecular complexity index is 1450. The van der Waals surface area contributed by atoms with Gasteiger partial charge in [0.1, 0.15) is 0 Å².